The summed E-state index contributed by atoms with van der Waals surface area (Å²) < 4.78 is 24.1. The summed E-state index contributed by atoms with van der Waals surface area (Å²) in [5, 5.41) is 8.53. The van der Waals surface area contributed by atoms with E-state index in [1.165, 1.54) is 6.92 Å². The van der Waals surface area contributed by atoms with E-state index in [-0.39, 0.29) is 24.1 Å². The molecule has 1 saturated heterocycles. The van der Waals surface area contributed by atoms with Gasteiger partial charge in [-0.05, 0) is 12.5 Å². The Bertz CT molecular complexity index is 578. The highest BCUT2D eigenvalue weighted by atomic mass is 32.2. The summed E-state index contributed by atoms with van der Waals surface area (Å²) in [5.74, 6) is -1.94. The molecule has 9 heteroatoms. The van der Waals surface area contributed by atoms with Gasteiger partial charge < -0.3 is 10.4 Å². The third-order valence-corrected chi connectivity index (χ3v) is 5.33. The molecule has 2 N–H and O–H groups in total. The van der Waals surface area contributed by atoms with Crippen LogP contribution in [0.2, 0.25) is 0 Å². The molecule has 98 valence electrons. The minimum atomic E-state index is -3.83. The number of fused-ring (bicyclic) bond motifs is 1. The molecule has 2 aliphatic heterocycles. The Hall–Kier alpha value is -1.90. The molecule has 2 amide bonds. The van der Waals surface area contributed by atoms with E-state index < -0.39 is 32.5 Å². The first kappa shape index (κ1) is 12.6. The van der Waals surface area contributed by atoms with Gasteiger partial charge in [0.15, 0.2) is 15.2 Å². The van der Waals surface area contributed by atoms with Crippen molar-refractivity contribution in [3.8, 4) is 0 Å². The zero-order valence-electron chi connectivity index (χ0n) is 9.28. The maximum atomic E-state index is 12.0. The van der Waals surface area contributed by atoms with Gasteiger partial charge in [-0.25, -0.2) is 13.2 Å². The molecule has 18 heavy (non-hydrogen) atoms. The number of hydrogen-bond acceptors (Lipinski definition) is 5. The molecule has 2 rings (SSSR count). The van der Waals surface area contributed by atoms with Crippen molar-refractivity contribution < 1.29 is 27.9 Å². The van der Waals surface area contributed by atoms with E-state index in [1.54, 1.807) is 0 Å². The van der Waals surface area contributed by atoms with Crippen LogP contribution in [0.1, 0.15) is 13.3 Å². The summed E-state index contributed by atoms with van der Waals surface area (Å²) in [6.45, 7) is 1.27. The SMILES string of the molecule is CC1=C(C(=O)O)N2C(=O)C[C@H]2S(=O)(=O)C1NC=O. The van der Waals surface area contributed by atoms with Gasteiger partial charge >= 0.3 is 5.97 Å². The normalized spacial score (nSPS) is 29.4. The van der Waals surface area contributed by atoms with Crippen LogP contribution in [0.15, 0.2) is 11.3 Å². The fourth-order valence-electron chi connectivity index (χ4n) is 2.19. The molecule has 2 aliphatic rings. The number of hydrogen-bond donors (Lipinski definition) is 2. The second kappa shape index (κ2) is 3.80. The lowest BCUT2D eigenvalue weighted by Crippen LogP contribution is -2.64. The minimum Gasteiger partial charge on any atom is -0.477 e. The Morgan fingerprint density at radius 1 is 1.56 bits per heavy atom. The Morgan fingerprint density at radius 2 is 2.17 bits per heavy atom. The largest absolute Gasteiger partial charge is 0.477 e. The highest BCUT2D eigenvalue weighted by molar-refractivity contribution is 7.93. The van der Waals surface area contributed by atoms with Gasteiger partial charge in [0.1, 0.15) is 11.1 Å². The average molecular weight is 274 g/mol. The van der Waals surface area contributed by atoms with E-state index in [2.05, 4.69) is 5.32 Å². The van der Waals surface area contributed by atoms with E-state index in [0.29, 0.717) is 0 Å². The summed E-state index contributed by atoms with van der Waals surface area (Å²) >= 11 is 0. The van der Waals surface area contributed by atoms with Crippen LogP contribution in [0.5, 0.6) is 0 Å². The Kier molecular flexibility index (Phi) is 2.65. The third-order valence-electron chi connectivity index (χ3n) is 3.04. The molecule has 0 saturated carbocycles. The number of sulfone groups is 1. The van der Waals surface area contributed by atoms with Crippen molar-refractivity contribution in [3.63, 3.8) is 0 Å². The number of carboxylic acids is 1. The maximum absolute atomic E-state index is 12.0. The molecule has 1 fully saturated rings. The van der Waals surface area contributed by atoms with Gasteiger partial charge in [0.05, 0.1) is 6.42 Å². The first-order chi connectivity index (χ1) is 8.32. The van der Waals surface area contributed by atoms with Crippen LogP contribution in [-0.2, 0) is 24.2 Å². The summed E-state index contributed by atoms with van der Waals surface area (Å²) in [6.07, 6.45) is -0.0647. The van der Waals surface area contributed by atoms with Crippen molar-refractivity contribution in [1.29, 1.82) is 0 Å². The van der Waals surface area contributed by atoms with E-state index in [0.717, 1.165) is 4.90 Å². The number of amides is 2. The quantitative estimate of drug-likeness (QED) is 0.472. The Morgan fingerprint density at radius 3 is 2.61 bits per heavy atom. The summed E-state index contributed by atoms with van der Waals surface area (Å²) in [4.78, 5) is 33.6. The van der Waals surface area contributed by atoms with Gasteiger partial charge in [-0.3, -0.25) is 14.5 Å². The van der Waals surface area contributed by atoms with E-state index >= 15 is 0 Å². The number of aliphatic carboxylic acids is 1. The van der Waals surface area contributed by atoms with Crippen LogP contribution in [0.3, 0.4) is 0 Å². The van der Waals surface area contributed by atoms with Crippen LogP contribution < -0.4 is 5.32 Å². The predicted molar refractivity (Wildman–Crippen MR) is 57.5 cm³/mol. The Labute approximate surface area is 102 Å². The molecule has 0 radical (unpaired) electrons. The number of nitrogens with one attached hydrogen (secondary N) is 1. The van der Waals surface area contributed by atoms with Crippen LogP contribution >= 0.6 is 0 Å². The Balaban J connectivity index is 2.62. The van der Waals surface area contributed by atoms with Crippen LogP contribution in [0, 0.1) is 0 Å². The highest BCUT2D eigenvalue weighted by Crippen LogP contribution is 2.38. The fourth-order valence-corrected chi connectivity index (χ4v) is 4.25. The van der Waals surface area contributed by atoms with Crippen molar-refractivity contribution in [1.82, 2.24) is 10.2 Å². The van der Waals surface area contributed by atoms with Crippen LogP contribution in [0.25, 0.3) is 0 Å². The first-order valence-electron chi connectivity index (χ1n) is 5.01. The molecule has 8 nitrogen and oxygen atoms in total. The topological polar surface area (TPSA) is 121 Å². The van der Waals surface area contributed by atoms with Gasteiger partial charge in [-0.1, -0.05) is 0 Å². The molecule has 0 aromatic carbocycles. The average Bonchev–Trinajstić information content (AvgIpc) is 2.26. The zero-order valence-corrected chi connectivity index (χ0v) is 10.1. The highest BCUT2D eigenvalue weighted by Gasteiger charge is 2.56. The lowest BCUT2D eigenvalue weighted by molar-refractivity contribution is -0.146. The molecular formula is C9H10N2O6S. The fraction of sp³-hybridized carbons (Fsp3) is 0.444. The van der Waals surface area contributed by atoms with E-state index in [4.69, 9.17) is 5.11 Å². The molecular weight excluding hydrogens is 264 g/mol. The molecule has 0 aromatic rings. The summed E-state index contributed by atoms with van der Waals surface area (Å²) in [7, 11) is -3.83. The lowest BCUT2D eigenvalue weighted by Gasteiger charge is -2.45. The van der Waals surface area contributed by atoms with E-state index in [1.807, 2.05) is 0 Å². The molecule has 1 unspecified atom stereocenters. The van der Waals surface area contributed by atoms with Gasteiger partial charge in [0.2, 0.25) is 12.3 Å². The van der Waals surface area contributed by atoms with Gasteiger partial charge in [0.25, 0.3) is 0 Å². The molecule has 2 atom stereocenters. The van der Waals surface area contributed by atoms with Crippen LogP contribution in [0.4, 0.5) is 0 Å². The van der Waals surface area contributed by atoms with Crippen LogP contribution in [-0.4, -0.2) is 47.5 Å². The summed E-state index contributed by atoms with van der Waals surface area (Å²) in [6, 6.07) is 0. The number of carbonyl (C=O) groups excluding carboxylic acids is 2. The van der Waals surface area contributed by atoms with Crippen molar-refractivity contribution >= 4 is 28.1 Å². The van der Waals surface area contributed by atoms with Crippen molar-refractivity contribution in [3.05, 3.63) is 11.3 Å². The maximum Gasteiger partial charge on any atom is 0.352 e. The number of nitrogens with zero attached hydrogens (tertiary/aromatic N) is 1. The van der Waals surface area contributed by atoms with Crippen molar-refractivity contribution in [2.24, 2.45) is 0 Å². The molecule has 0 aliphatic carbocycles. The predicted octanol–water partition coefficient (Wildman–Crippen LogP) is -1.60. The molecule has 2 heterocycles. The second-order valence-electron chi connectivity index (χ2n) is 4.01. The van der Waals surface area contributed by atoms with Gasteiger partial charge in [0, 0.05) is 0 Å². The molecule has 0 bridgehead atoms. The van der Waals surface area contributed by atoms with E-state index in [9.17, 15) is 22.8 Å². The third kappa shape index (κ3) is 1.43. The minimum absolute atomic E-state index is 0.0705. The monoisotopic (exact) mass is 274 g/mol. The smallest absolute Gasteiger partial charge is 0.352 e. The number of β-lactam (4-membered cyclic amide) rings is 1. The number of carboxylic acid groups (broad SMARTS) is 1. The van der Waals surface area contributed by atoms with Gasteiger partial charge in [-0.15, -0.1) is 0 Å². The standard InChI is InChI=1S/C9H10N2O6S/c1-4-7(9(14)15)11-5(13)2-6(11)18(16,17)8(4)10-3-12/h3,6,8H,2H2,1H3,(H,10,12)(H,14,15)/t6-,8?/m1/s1. The lowest BCUT2D eigenvalue weighted by atomic mass is 10.1. The number of rotatable bonds is 3. The molecule has 0 aromatic heterocycles. The zero-order chi connectivity index (χ0) is 13.7. The van der Waals surface area contributed by atoms with Crippen molar-refractivity contribution in [2.75, 3.05) is 0 Å². The second-order valence-corrected chi connectivity index (χ2v) is 6.21. The van der Waals surface area contributed by atoms with Crippen molar-refractivity contribution in [2.45, 2.75) is 24.1 Å². The molecule has 0 spiro atoms. The summed E-state index contributed by atoms with van der Waals surface area (Å²) in [5.41, 5.74) is -0.440. The van der Waals surface area contributed by atoms with Gasteiger partial charge in [-0.2, -0.15) is 0 Å². The number of carbonyl (C=O) groups is 3. The first-order valence-corrected chi connectivity index (χ1v) is 6.62.